The molecule has 4 heteroatoms. The van der Waals surface area contributed by atoms with E-state index in [9.17, 15) is 4.79 Å². The van der Waals surface area contributed by atoms with Gasteiger partial charge in [-0.25, -0.2) is 0 Å². The summed E-state index contributed by atoms with van der Waals surface area (Å²) in [5, 5.41) is 2.84. The third-order valence-corrected chi connectivity index (χ3v) is 2.05. The first-order valence-corrected chi connectivity index (χ1v) is 5.23. The fourth-order valence-corrected chi connectivity index (χ4v) is 1.29. The zero-order chi connectivity index (χ0) is 11.1. The van der Waals surface area contributed by atoms with Crippen LogP contribution in [0.25, 0.3) is 0 Å². The molecular weight excluding hydrogens is 178 g/mol. The third kappa shape index (κ3) is 5.94. The fourth-order valence-electron chi connectivity index (χ4n) is 1.29. The molecule has 0 rings (SSSR count). The molecule has 4 nitrogen and oxygen atoms in total. The molecule has 0 radical (unpaired) electrons. The number of nitrogens with one attached hydrogen (secondary N) is 1. The van der Waals surface area contributed by atoms with Crippen molar-refractivity contribution in [1.29, 1.82) is 0 Å². The van der Waals surface area contributed by atoms with Gasteiger partial charge in [0.1, 0.15) is 0 Å². The van der Waals surface area contributed by atoms with Gasteiger partial charge in [-0.1, -0.05) is 13.8 Å². The molecule has 0 unspecified atom stereocenters. The molecule has 0 saturated heterocycles. The van der Waals surface area contributed by atoms with Crippen LogP contribution in [-0.2, 0) is 4.79 Å². The van der Waals surface area contributed by atoms with Crippen molar-refractivity contribution in [2.45, 2.75) is 45.7 Å². The van der Waals surface area contributed by atoms with Gasteiger partial charge in [0.15, 0.2) is 0 Å². The summed E-state index contributed by atoms with van der Waals surface area (Å²) in [6, 6.07) is -0.277. The Morgan fingerprint density at radius 3 is 2.36 bits per heavy atom. The lowest BCUT2D eigenvalue weighted by molar-refractivity contribution is -0.123. The second kappa shape index (κ2) is 6.79. The quantitative estimate of drug-likeness (QED) is 0.575. The monoisotopic (exact) mass is 201 g/mol. The van der Waals surface area contributed by atoms with Crippen LogP contribution in [0.15, 0.2) is 0 Å². The number of rotatable bonds is 6. The maximum Gasteiger partial charge on any atom is 0.237 e. The molecule has 0 aliphatic carbocycles. The Kier molecular flexibility index (Phi) is 6.49. The standard InChI is InChI=1S/C10H23N3O/c1-7(2)6-9(12)10(14)13-8(3)4-5-11/h7-9H,4-6,11-12H2,1-3H3,(H,13,14)/t8-,9+/m1/s1. The molecule has 0 aromatic heterocycles. The topological polar surface area (TPSA) is 81.1 Å². The first kappa shape index (κ1) is 13.4. The first-order chi connectivity index (χ1) is 6.47. The summed E-state index contributed by atoms with van der Waals surface area (Å²) in [6.45, 7) is 6.63. The number of carbonyl (C=O) groups is 1. The lowest BCUT2D eigenvalue weighted by Crippen LogP contribution is -2.45. The molecule has 0 aromatic rings. The Labute approximate surface area is 86.4 Å². The number of amides is 1. The van der Waals surface area contributed by atoms with Crippen molar-refractivity contribution in [3.8, 4) is 0 Å². The lowest BCUT2D eigenvalue weighted by atomic mass is 10.0. The van der Waals surface area contributed by atoms with E-state index in [0.29, 0.717) is 12.5 Å². The largest absolute Gasteiger partial charge is 0.352 e. The molecule has 0 fully saturated rings. The molecule has 0 spiro atoms. The molecule has 0 aliphatic rings. The van der Waals surface area contributed by atoms with E-state index in [1.54, 1.807) is 0 Å². The minimum absolute atomic E-state index is 0.0698. The highest BCUT2D eigenvalue weighted by molar-refractivity contribution is 5.81. The maximum atomic E-state index is 11.5. The number of nitrogens with two attached hydrogens (primary N) is 2. The highest BCUT2D eigenvalue weighted by Crippen LogP contribution is 2.03. The van der Waals surface area contributed by atoms with E-state index < -0.39 is 6.04 Å². The summed E-state index contributed by atoms with van der Waals surface area (Å²) in [4.78, 5) is 11.5. The van der Waals surface area contributed by atoms with E-state index >= 15 is 0 Å². The lowest BCUT2D eigenvalue weighted by Gasteiger charge is -2.18. The molecule has 0 aromatic carbocycles. The van der Waals surface area contributed by atoms with Gasteiger partial charge in [-0.15, -0.1) is 0 Å². The van der Waals surface area contributed by atoms with Crippen LogP contribution in [0.3, 0.4) is 0 Å². The average Bonchev–Trinajstić information content (AvgIpc) is 2.02. The van der Waals surface area contributed by atoms with Gasteiger partial charge in [0.25, 0.3) is 0 Å². The summed E-state index contributed by atoms with van der Waals surface area (Å²) in [5.74, 6) is 0.375. The maximum absolute atomic E-state index is 11.5. The van der Waals surface area contributed by atoms with Crippen LogP contribution < -0.4 is 16.8 Å². The van der Waals surface area contributed by atoms with Gasteiger partial charge >= 0.3 is 0 Å². The molecule has 0 aliphatic heterocycles. The molecule has 1 amide bonds. The van der Waals surface area contributed by atoms with Gasteiger partial charge in [-0.2, -0.15) is 0 Å². The van der Waals surface area contributed by atoms with Crippen LogP contribution >= 0.6 is 0 Å². The predicted octanol–water partition coefficient (Wildman–Crippen LogP) is 0.213. The van der Waals surface area contributed by atoms with E-state index in [1.807, 2.05) is 6.92 Å². The van der Waals surface area contributed by atoms with Crippen molar-refractivity contribution in [2.24, 2.45) is 17.4 Å². The second-order valence-electron chi connectivity index (χ2n) is 4.22. The average molecular weight is 201 g/mol. The van der Waals surface area contributed by atoms with Gasteiger partial charge in [0, 0.05) is 6.04 Å². The number of hydrogen-bond donors (Lipinski definition) is 3. The minimum Gasteiger partial charge on any atom is -0.352 e. The highest BCUT2D eigenvalue weighted by Gasteiger charge is 2.16. The normalized spacial score (nSPS) is 15.3. The predicted molar refractivity (Wildman–Crippen MR) is 58.7 cm³/mol. The summed E-state index contributed by atoms with van der Waals surface area (Å²) < 4.78 is 0. The molecule has 84 valence electrons. The van der Waals surface area contributed by atoms with Crippen molar-refractivity contribution in [3.63, 3.8) is 0 Å². The van der Waals surface area contributed by atoms with E-state index in [0.717, 1.165) is 12.8 Å². The minimum atomic E-state index is -0.393. The van der Waals surface area contributed by atoms with Crippen molar-refractivity contribution < 1.29 is 4.79 Å². The van der Waals surface area contributed by atoms with Crippen LogP contribution in [0, 0.1) is 5.92 Å². The molecule has 5 N–H and O–H groups in total. The van der Waals surface area contributed by atoms with E-state index in [-0.39, 0.29) is 11.9 Å². The van der Waals surface area contributed by atoms with Crippen LogP contribution in [0.5, 0.6) is 0 Å². The fraction of sp³-hybridized carbons (Fsp3) is 0.900. The highest BCUT2D eigenvalue weighted by atomic mass is 16.2. The summed E-state index contributed by atoms with van der Waals surface area (Å²) in [7, 11) is 0. The Morgan fingerprint density at radius 2 is 1.93 bits per heavy atom. The smallest absolute Gasteiger partial charge is 0.237 e. The van der Waals surface area contributed by atoms with Gasteiger partial charge < -0.3 is 16.8 Å². The summed E-state index contributed by atoms with van der Waals surface area (Å²) in [6.07, 6.45) is 1.52. The second-order valence-corrected chi connectivity index (χ2v) is 4.22. The van der Waals surface area contributed by atoms with Crippen LogP contribution in [0.2, 0.25) is 0 Å². The summed E-state index contributed by atoms with van der Waals surface area (Å²) >= 11 is 0. The third-order valence-electron chi connectivity index (χ3n) is 2.05. The first-order valence-electron chi connectivity index (χ1n) is 5.23. The van der Waals surface area contributed by atoms with Crippen molar-refractivity contribution in [2.75, 3.05) is 6.54 Å². The number of hydrogen-bond acceptors (Lipinski definition) is 3. The molecule has 14 heavy (non-hydrogen) atoms. The SMILES string of the molecule is CC(C)C[C@H](N)C(=O)N[C@H](C)CCN. The van der Waals surface area contributed by atoms with Crippen molar-refractivity contribution in [1.82, 2.24) is 5.32 Å². The molecule has 0 bridgehead atoms. The number of carbonyl (C=O) groups excluding carboxylic acids is 1. The van der Waals surface area contributed by atoms with Crippen molar-refractivity contribution >= 4 is 5.91 Å². The van der Waals surface area contributed by atoms with Crippen LogP contribution in [0.1, 0.15) is 33.6 Å². The van der Waals surface area contributed by atoms with Gasteiger partial charge in [-0.3, -0.25) is 4.79 Å². The Hall–Kier alpha value is -0.610. The van der Waals surface area contributed by atoms with E-state index in [2.05, 4.69) is 19.2 Å². The Balaban J connectivity index is 3.82. The van der Waals surface area contributed by atoms with Crippen molar-refractivity contribution in [3.05, 3.63) is 0 Å². The van der Waals surface area contributed by atoms with Crippen LogP contribution in [0.4, 0.5) is 0 Å². The Bertz CT molecular complexity index is 171. The molecular formula is C10H23N3O. The van der Waals surface area contributed by atoms with Gasteiger partial charge in [-0.05, 0) is 32.2 Å². The van der Waals surface area contributed by atoms with E-state index in [4.69, 9.17) is 11.5 Å². The molecule has 0 heterocycles. The van der Waals surface area contributed by atoms with Crippen LogP contribution in [-0.4, -0.2) is 24.5 Å². The molecule has 0 saturated carbocycles. The summed E-state index contributed by atoms with van der Waals surface area (Å²) in [5.41, 5.74) is 11.1. The van der Waals surface area contributed by atoms with Gasteiger partial charge in [0.05, 0.1) is 6.04 Å². The zero-order valence-corrected chi connectivity index (χ0v) is 9.42. The van der Waals surface area contributed by atoms with Gasteiger partial charge in [0.2, 0.25) is 5.91 Å². The molecule has 2 atom stereocenters. The van der Waals surface area contributed by atoms with E-state index in [1.165, 1.54) is 0 Å². The Morgan fingerprint density at radius 1 is 1.36 bits per heavy atom. The zero-order valence-electron chi connectivity index (χ0n) is 9.42.